The molecular weight excluding hydrogens is 290 g/mol. The van der Waals surface area contributed by atoms with Gasteiger partial charge in [0.05, 0.1) is 24.7 Å². The third-order valence-corrected chi connectivity index (χ3v) is 3.80. The summed E-state index contributed by atoms with van der Waals surface area (Å²) >= 11 is 0. The monoisotopic (exact) mass is 309 g/mol. The van der Waals surface area contributed by atoms with E-state index in [9.17, 15) is 4.79 Å². The first-order valence-corrected chi connectivity index (χ1v) is 7.54. The second-order valence-electron chi connectivity index (χ2n) is 5.34. The fourth-order valence-corrected chi connectivity index (χ4v) is 2.66. The van der Waals surface area contributed by atoms with Crippen LogP contribution < -0.4 is 10.3 Å². The predicted octanol–water partition coefficient (Wildman–Crippen LogP) is 3.04. The van der Waals surface area contributed by atoms with Crippen molar-refractivity contribution >= 4 is 0 Å². The van der Waals surface area contributed by atoms with Crippen molar-refractivity contribution in [2.45, 2.75) is 20.4 Å². The molecule has 1 aromatic carbocycles. The average molecular weight is 309 g/mol. The SMILES string of the molecule is CCn1c(-c2ccc(OC)cc2)c(-n2cc(C)cn2)ccc1=O. The molecule has 0 fully saturated rings. The van der Waals surface area contributed by atoms with E-state index in [-0.39, 0.29) is 5.56 Å². The van der Waals surface area contributed by atoms with E-state index in [0.717, 1.165) is 28.3 Å². The van der Waals surface area contributed by atoms with Crippen molar-refractivity contribution in [3.63, 3.8) is 0 Å². The van der Waals surface area contributed by atoms with E-state index >= 15 is 0 Å². The summed E-state index contributed by atoms with van der Waals surface area (Å²) in [4.78, 5) is 12.3. The number of pyridine rings is 1. The standard InChI is InChI=1S/C18H19N3O2/c1-4-20-17(22)10-9-16(21-12-13(2)11-19-21)18(20)14-5-7-15(23-3)8-6-14/h5-12H,4H2,1-3H3. The molecule has 2 heterocycles. The lowest BCUT2D eigenvalue weighted by atomic mass is 10.1. The van der Waals surface area contributed by atoms with Crippen LogP contribution in [0.5, 0.6) is 5.75 Å². The smallest absolute Gasteiger partial charge is 0.251 e. The van der Waals surface area contributed by atoms with Gasteiger partial charge in [-0.15, -0.1) is 0 Å². The molecule has 23 heavy (non-hydrogen) atoms. The first-order valence-electron chi connectivity index (χ1n) is 7.54. The van der Waals surface area contributed by atoms with E-state index in [2.05, 4.69) is 5.10 Å². The van der Waals surface area contributed by atoms with Crippen molar-refractivity contribution < 1.29 is 4.74 Å². The molecule has 5 nitrogen and oxygen atoms in total. The fourth-order valence-electron chi connectivity index (χ4n) is 2.66. The molecule has 0 atom stereocenters. The van der Waals surface area contributed by atoms with Crippen LogP contribution >= 0.6 is 0 Å². The molecule has 0 saturated carbocycles. The summed E-state index contributed by atoms with van der Waals surface area (Å²) in [5, 5.41) is 4.39. The third-order valence-electron chi connectivity index (χ3n) is 3.80. The van der Waals surface area contributed by atoms with E-state index in [1.165, 1.54) is 0 Å². The van der Waals surface area contributed by atoms with E-state index in [0.29, 0.717) is 6.54 Å². The molecule has 0 amide bonds. The lowest BCUT2D eigenvalue weighted by Crippen LogP contribution is -2.21. The Kier molecular flexibility index (Phi) is 4.02. The van der Waals surface area contributed by atoms with Crippen molar-refractivity contribution in [2.75, 3.05) is 7.11 Å². The molecule has 2 aromatic heterocycles. The number of nitrogens with zero attached hydrogens (tertiary/aromatic N) is 3. The Morgan fingerprint density at radius 2 is 1.87 bits per heavy atom. The Morgan fingerprint density at radius 1 is 1.13 bits per heavy atom. The van der Waals surface area contributed by atoms with Crippen LogP contribution in [-0.4, -0.2) is 21.5 Å². The van der Waals surface area contributed by atoms with Gasteiger partial charge in [0.15, 0.2) is 0 Å². The summed E-state index contributed by atoms with van der Waals surface area (Å²) < 4.78 is 8.78. The molecular formula is C18H19N3O2. The van der Waals surface area contributed by atoms with Gasteiger partial charge in [0.25, 0.3) is 5.56 Å². The third kappa shape index (κ3) is 2.77. The zero-order valence-corrected chi connectivity index (χ0v) is 13.5. The van der Waals surface area contributed by atoms with Gasteiger partial charge in [-0.2, -0.15) is 5.10 Å². The highest BCUT2D eigenvalue weighted by Gasteiger charge is 2.14. The van der Waals surface area contributed by atoms with Crippen LogP contribution in [0, 0.1) is 6.92 Å². The number of ether oxygens (including phenoxy) is 1. The molecule has 0 saturated heterocycles. The highest BCUT2D eigenvalue weighted by atomic mass is 16.5. The maximum atomic E-state index is 12.3. The van der Waals surface area contributed by atoms with Crippen LogP contribution in [0.15, 0.2) is 53.6 Å². The van der Waals surface area contributed by atoms with Gasteiger partial charge in [0, 0.05) is 24.4 Å². The molecule has 0 spiro atoms. The molecule has 0 aliphatic heterocycles. The van der Waals surface area contributed by atoms with Crippen molar-refractivity contribution in [1.29, 1.82) is 0 Å². The van der Waals surface area contributed by atoms with Crippen molar-refractivity contribution in [3.05, 3.63) is 64.7 Å². The summed E-state index contributed by atoms with van der Waals surface area (Å²) in [7, 11) is 1.64. The Labute approximate surface area is 134 Å². The van der Waals surface area contributed by atoms with Gasteiger partial charge in [-0.25, -0.2) is 4.68 Å². The molecule has 118 valence electrons. The highest BCUT2D eigenvalue weighted by molar-refractivity contribution is 5.70. The van der Waals surface area contributed by atoms with Gasteiger partial charge in [-0.1, -0.05) is 0 Å². The van der Waals surface area contributed by atoms with Crippen molar-refractivity contribution in [1.82, 2.24) is 14.3 Å². The number of aromatic nitrogens is 3. The number of benzene rings is 1. The highest BCUT2D eigenvalue weighted by Crippen LogP contribution is 2.27. The lowest BCUT2D eigenvalue weighted by Gasteiger charge is -2.16. The minimum Gasteiger partial charge on any atom is -0.497 e. The Balaban J connectivity index is 2.26. The maximum absolute atomic E-state index is 12.3. The molecule has 0 aliphatic carbocycles. The summed E-state index contributed by atoms with van der Waals surface area (Å²) in [6, 6.07) is 11.1. The van der Waals surface area contributed by atoms with Crippen molar-refractivity contribution in [2.24, 2.45) is 0 Å². The molecule has 0 aliphatic rings. The zero-order chi connectivity index (χ0) is 16.4. The van der Waals surface area contributed by atoms with Gasteiger partial charge in [-0.3, -0.25) is 4.79 Å². The normalized spacial score (nSPS) is 10.7. The van der Waals surface area contributed by atoms with Gasteiger partial charge in [0.1, 0.15) is 5.75 Å². The average Bonchev–Trinajstić information content (AvgIpc) is 3.01. The van der Waals surface area contributed by atoms with Gasteiger partial charge in [0.2, 0.25) is 0 Å². The number of aryl methyl sites for hydroxylation is 1. The minimum atomic E-state index is -0.0223. The Bertz CT molecular complexity index is 876. The van der Waals surface area contributed by atoms with Crippen LogP contribution in [0.1, 0.15) is 12.5 Å². The van der Waals surface area contributed by atoms with Crippen LogP contribution in [0.25, 0.3) is 16.9 Å². The molecule has 3 rings (SSSR count). The maximum Gasteiger partial charge on any atom is 0.251 e. The van der Waals surface area contributed by atoms with Crippen molar-refractivity contribution in [3.8, 4) is 22.7 Å². The first-order chi connectivity index (χ1) is 11.1. The molecule has 0 N–H and O–H groups in total. The fraction of sp³-hybridized carbons (Fsp3) is 0.222. The van der Waals surface area contributed by atoms with E-state index in [1.54, 1.807) is 28.6 Å². The predicted molar refractivity (Wildman–Crippen MR) is 90.2 cm³/mol. The van der Waals surface area contributed by atoms with Crippen LogP contribution in [-0.2, 0) is 6.54 Å². The van der Waals surface area contributed by atoms with E-state index in [4.69, 9.17) is 4.74 Å². The number of methoxy groups -OCH3 is 1. The molecule has 0 unspecified atom stereocenters. The molecule has 0 bridgehead atoms. The minimum absolute atomic E-state index is 0.0223. The number of rotatable bonds is 4. The topological polar surface area (TPSA) is 49.0 Å². The van der Waals surface area contributed by atoms with Gasteiger partial charge in [-0.05, 0) is 49.7 Å². The molecule has 3 aromatic rings. The Morgan fingerprint density at radius 3 is 2.43 bits per heavy atom. The zero-order valence-electron chi connectivity index (χ0n) is 13.5. The number of hydrogen-bond acceptors (Lipinski definition) is 3. The van der Waals surface area contributed by atoms with E-state index < -0.39 is 0 Å². The summed E-state index contributed by atoms with van der Waals surface area (Å²) in [5.41, 5.74) is 3.73. The molecule has 0 radical (unpaired) electrons. The van der Waals surface area contributed by atoms with Crippen LogP contribution in [0.4, 0.5) is 0 Å². The van der Waals surface area contributed by atoms with Crippen LogP contribution in [0.2, 0.25) is 0 Å². The summed E-state index contributed by atoms with van der Waals surface area (Å²) in [6.45, 7) is 4.55. The Hall–Kier alpha value is -2.82. The van der Waals surface area contributed by atoms with Gasteiger partial charge >= 0.3 is 0 Å². The lowest BCUT2D eigenvalue weighted by molar-refractivity contribution is 0.415. The van der Waals surface area contributed by atoms with Crippen LogP contribution in [0.3, 0.4) is 0 Å². The largest absolute Gasteiger partial charge is 0.497 e. The summed E-state index contributed by atoms with van der Waals surface area (Å²) in [6.07, 6.45) is 3.76. The first kappa shape index (κ1) is 15.1. The second kappa shape index (κ2) is 6.12. The van der Waals surface area contributed by atoms with E-state index in [1.807, 2.05) is 50.4 Å². The summed E-state index contributed by atoms with van der Waals surface area (Å²) in [5.74, 6) is 0.784. The molecule has 5 heteroatoms. The number of hydrogen-bond donors (Lipinski definition) is 0. The quantitative estimate of drug-likeness (QED) is 0.744. The van der Waals surface area contributed by atoms with Gasteiger partial charge < -0.3 is 9.30 Å². The second-order valence-corrected chi connectivity index (χ2v) is 5.34.